The third kappa shape index (κ3) is 2.68. The monoisotopic (exact) mass is 198 g/mol. The Kier molecular flexibility index (Phi) is 3.85. The van der Waals surface area contributed by atoms with Crippen molar-refractivity contribution in [3.8, 4) is 5.75 Å². The Bertz CT molecular complexity index is 304. The molecule has 1 atom stereocenters. The first-order valence-corrected chi connectivity index (χ1v) is 4.59. The highest BCUT2D eigenvalue weighted by atomic mass is 19.1. The predicted octanol–water partition coefficient (Wildman–Crippen LogP) is 1.27. The summed E-state index contributed by atoms with van der Waals surface area (Å²) in [7, 11) is 0. The van der Waals surface area contributed by atoms with E-state index >= 15 is 0 Å². The smallest absolute Gasteiger partial charge is 0.131 e. The zero-order valence-electron chi connectivity index (χ0n) is 7.91. The summed E-state index contributed by atoms with van der Waals surface area (Å²) in [5.41, 5.74) is 11.5. The van der Waals surface area contributed by atoms with Gasteiger partial charge in [-0.25, -0.2) is 4.39 Å². The van der Waals surface area contributed by atoms with E-state index in [1.165, 1.54) is 12.1 Å². The van der Waals surface area contributed by atoms with E-state index in [2.05, 4.69) is 0 Å². The van der Waals surface area contributed by atoms with Gasteiger partial charge < -0.3 is 16.6 Å². The molecule has 0 aliphatic carbocycles. The van der Waals surface area contributed by atoms with Crippen molar-refractivity contribution in [2.45, 2.75) is 18.9 Å². The molecule has 14 heavy (non-hydrogen) atoms. The third-order valence-corrected chi connectivity index (χ3v) is 2.10. The lowest BCUT2D eigenvalue weighted by Crippen LogP contribution is -2.13. The molecule has 78 valence electrons. The van der Waals surface area contributed by atoms with Gasteiger partial charge in [-0.05, 0) is 25.5 Å². The fraction of sp³-hybridized carbons (Fsp3) is 0.400. The minimum Gasteiger partial charge on any atom is -0.508 e. The summed E-state index contributed by atoms with van der Waals surface area (Å²) < 4.78 is 13.3. The van der Waals surface area contributed by atoms with E-state index in [1.54, 1.807) is 0 Å². The van der Waals surface area contributed by atoms with Crippen LogP contribution in [0.2, 0.25) is 0 Å². The molecule has 1 aromatic carbocycles. The van der Waals surface area contributed by atoms with Crippen molar-refractivity contribution < 1.29 is 9.50 Å². The van der Waals surface area contributed by atoms with Gasteiger partial charge in [0.15, 0.2) is 0 Å². The molecule has 0 spiro atoms. The van der Waals surface area contributed by atoms with Gasteiger partial charge in [-0.3, -0.25) is 0 Å². The Morgan fingerprint density at radius 2 is 2.14 bits per heavy atom. The maximum Gasteiger partial charge on any atom is 0.131 e. The molecule has 0 saturated heterocycles. The van der Waals surface area contributed by atoms with Crippen molar-refractivity contribution in [1.29, 1.82) is 0 Å². The van der Waals surface area contributed by atoms with Crippen LogP contribution in [-0.4, -0.2) is 11.7 Å². The molecular formula is C10H15FN2O. The quantitative estimate of drug-likeness (QED) is 0.682. The van der Waals surface area contributed by atoms with Gasteiger partial charge in [-0.1, -0.05) is 6.07 Å². The average Bonchev–Trinajstić information content (AvgIpc) is 2.14. The van der Waals surface area contributed by atoms with E-state index in [4.69, 9.17) is 16.6 Å². The van der Waals surface area contributed by atoms with Gasteiger partial charge in [0, 0.05) is 17.7 Å². The first-order valence-electron chi connectivity index (χ1n) is 4.59. The lowest BCUT2D eigenvalue weighted by molar-refractivity contribution is 0.465. The minimum atomic E-state index is -0.463. The summed E-state index contributed by atoms with van der Waals surface area (Å²) in [6.07, 6.45) is 1.42. The van der Waals surface area contributed by atoms with Crippen molar-refractivity contribution in [1.82, 2.24) is 0 Å². The molecule has 0 aromatic heterocycles. The van der Waals surface area contributed by atoms with Crippen LogP contribution in [0.1, 0.15) is 24.4 Å². The molecule has 1 aromatic rings. The highest BCUT2D eigenvalue weighted by molar-refractivity contribution is 5.29. The van der Waals surface area contributed by atoms with Crippen LogP contribution < -0.4 is 11.5 Å². The number of phenolic OH excluding ortho intramolecular Hbond substituents is 1. The topological polar surface area (TPSA) is 72.3 Å². The third-order valence-electron chi connectivity index (χ3n) is 2.10. The Morgan fingerprint density at radius 3 is 2.71 bits per heavy atom. The van der Waals surface area contributed by atoms with Crippen molar-refractivity contribution in [3.05, 3.63) is 29.6 Å². The first-order chi connectivity index (χ1) is 6.65. The van der Waals surface area contributed by atoms with Crippen LogP contribution in [0, 0.1) is 5.82 Å². The standard InChI is InChI=1S/C10H15FN2O/c11-9-6-7(14)3-4-8(9)10(13)2-1-5-12/h3-4,6,10,14H,1-2,5,12-13H2/t10-/m0/s1. The molecule has 0 bridgehead atoms. The van der Waals surface area contributed by atoms with E-state index in [9.17, 15) is 4.39 Å². The van der Waals surface area contributed by atoms with Crippen molar-refractivity contribution >= 4 is 0 Å². The van der Waals surface area contributed by atoms with Crippen LogP contribution in [0.25, 0.3) is 0 Å². The predicted molar refractivity (Wildman–Crippen MR) is 53.3 cm³/mol. The van der Waals surface area contributed by atoms with Gasteiger partial charge in [0.25, 0.3) is 0 Å². The zero-order valence-corrected chi connectivity index (χ0v) is 7.91. The van der Waals surface area contributed by atoms with E-state index < -0.39 is 5.82 Å². The van der Waals surface area contributed by atoms with Crippen LogP contribution in [0.5, 0.6) is 5.75 Å². The second kappa shape index (κ2) is 4.93. The van der Waals surface area contributed by atoms with Gasteiger partial charge in [0.05, 0.1) is 0 Å². The molecule has 0 radical (unpaired) electrons. The molecule has 0 aliphatic rings. The summed E-state index contributed by atoms with van der Waals surface area (Å²) >= 11 is 0. The number of benzene rings is 1. The van der Waals surface area contributed by atoms with Crippen LogP contribution in [0.15, 0.2) is 18.2 Å². The SMILES string of the molecule is NCCC[C@H](N)c1ccc(O)cc1F. The highest BCUT2D eigenvalue weighted by Gasteiger charge is 2.10. The molecule has 3 nitrogen and oxygen atoms in total. The molecule has 0 fully saturated rings. The van der Waals surface area contributed by atoms with Gasteiger partial charge in [-0.2, -0.15) is 0 Å². The zero-order chi connectivity index (χ0) is 10.6. The van der Waals surface area contributed by atoms with E-state index in [1.807, 2.05) is 0 Å². The molecule has 0 saturated carbocycles. The Balaban J connectivity index is 2.74. The van der Waals surface area contributed by atoms with Crippen molar-refractivity contribution in [2.24, 2.45) is 11.5 Å². The van der Waals surface area contributed by atoms with E-state index in [-0.39, 0.29) is 11.8 Å². The van der Waals surface area contributed by atoms with Crippen molar-refractivity contribution in [2.75, 3.05) is 6.54 Å². The molecule has 0 amide bonds. The number of hydrogen-bond donors (Lipinski definition) is 3. The molecule has 0 unspecified atom stereocenters. The number of hydrogen-bond acceptors (Lipinski definition) is 3. The lowest BCUT2D eigenvalue weighted by Gasteiger charge is -2.12. The van der Waals surface area contributed by atoms with Gasteiger partial charge >= 0.3 is 0 Å². The molecule has 4 heteroatoms. The lowest BCUT2D eigenvalue weighted by atomic mass is 10.0. The molecule has 1 rings (SSSR count). The molecular weight excluding hydrogens is 183 g/mol. The largest absolute Gasteiger partial charge is 0.508 e. The maximum absolute atomic E-state index is 13.3. The second-order valence-electron chi connectivity index (χ2n) is 3.24. The number of nitrogens with two attached hydrogens (primary N) is 2. The summed E-state index contributed by atoms with van der Waals surface area (Å²) in [4.78, 5) is 0. The van der Waals surface area contributed by atoms with Crippen LogP contribution in [0.4, 0.5) is 4.39 Å². The van der Waals surface area contributed by atoms with Crippen molar-refractivity contribution in [3.63, 3.8) is 0 Å². The number of halogens is 1. The van der Waals surface area contributed by atoms with Crippen LogP contribution in [0.3, 0.4) is 0 Å². The Morgan fingerprint density at radius 1 is 1.43 bits per heavy atom. The van der Waals surface area contributed by atoms with Crippen LogP contribution in [-0.2, 0) is 0 Å². The number of aromatic hydroxyl groups is 1. The molecule has 0 heterocycles. The fourth-order valence-electron chi connectivity index (χ4n) is 1.31. The number of rotatable bonds is 4. The fourth-order valence-corrected chi connectivity index (χ4v) is 1.31. The summed E-state index contributed by atoms with van der Waals surface area (Å²) in [5, 5.41) is 8.99. The Hall–Kier alpha value is -1.13. The summed E-state index contributed by atoms with van der Waals surface area (Å²) in [6.45, 7) is 0.549. The van der Waals surface area contributed by atoms with Gasteiger partial charge in [0.2, 0.25) is 0 Å². The first kappa shape index (κ1) is 10.9. The van der Waals surface area contributed by atoms with E-state index in [0.29, 0.717) is 18.5 Å². The maximum atomic E-state index is 13.3. The molecule has 0 aliphatic heterocycles. The second-order valence-corrected chi connectivity index (χ2v) is 3.24. The van der Waals surface area contributed by atoms with Gasteiger partial charge in [-0.15, -0.1) is 0 Å². The average molecular weight is 198 g/mol. The molecule has 5 N–H and O–H groups in total. The van der Waals surface area contributed by atoms with E-state index in [0.717, 1.165) is 12.5 Å². The number of phenols is 1. The van der Waals surface area contributed by atoms with Crippen LogP contribution >= 0.6 is 0 Å². The van der Waals surface area contributed by atoms with Gasteiger partial charge in [0.1, 0.15) is 11.6 Å². The Labute approximate surface area is 82.5 Å². The normalized spacial score (nSPS) is 12.8. The minimum absolute atomic E-state index is 0.0859. The summed E-state index contributed by atoms with van der Waals surface area (Å²) in [6, 6.07) is 3.66. The summed E-state index contributed by atoms with van der Waals surface area (Å²) in [5.74, 6) is -0.549. The highest BCUT2D eigenvalue weighted by Crippen LogP contribution is 2.22.